The third-order valence-corrected chi connectivity index (χ3v) is 6.26. The molecular formula is C17H22ClNO. The lowest BCUT2D eigenvalue weighted by Crippen LogP contribution is -2.38. The number of aromatic hydroxyl groups is 1. The van der Waals surface area contributed by atoms with Crippen LogP contribution in [0.15, 0.2) is 18.2 Å². The molecule has 3 fully saturated rings. The molecule has 4 rings (SSSR count). The Balaban J connectivity index is 1.42. The molecule has 0 saturated heterocycles. The van der Waals surface area contributed by atoms with E-state index in [2.05, 4.69) is 5.32 Å². The van der Waals surface area contributed by atoms with E-state index < -0.39 is 0 Å². The first-order chi connectivity index (χ1) is 9.72. The number of benzene rings is 1. The predicted octanol–water partition coefficient (Wildman–Crippen LogP) is 3.96. The van der Waals surface area contributed by atoms with Crippen molar-refractivity contribution in [3.63, 3.8) is 0 Å². The summed E-state index contributed by atoms with van der Waals surface area (Å²) < 4.78 is 0. The van der Waals surface area contributed by atoms with E-state index in [0.29, 0.717) is 16.8 Å². The quantitative estimate of drug-likeness (QED) is 0.883. The lowest BCUT2D eigenvalue weighted by atomic mass is 9.79. The first kappa shape index (κ1) is 13.0. The molecule has 0 spiro atoms. The van der Waals surface area contributed by atoms with Gasteiger partial charge in [-0.1, -0.05) is 18.0 Å². The van der Waals surface area contributed by atoms with Gasteiger partial charge in [-0.3, -0.25) is 0 Å². The Morgan fingerprint density at radius 2 is 2.00 bits per heavy atom. The van der Waals surface area contributed by atoms with Gasteiger partial charge < -0.3 is 10.4 Å². The van der Waals surface area contributed by atoms with Gasteiger partial charge >= 0.3 is 0 Å². The van der Waals surface area contributed by atoms with Crippen molar-refractivity contribution in [1.82, 2.24) is 5.32 Å². The van der Waals surface area contributed by atoms with Gasteiger partial charge in [-0.25, -0.2) is 0 Å². The Morgan fingerprint density at radius 1 is 1.15 bits per heavy atom. The lowest BCUT2D eigenvalue weighted by Gasteiger charge is -2.32. The van der Waals surface area contributed by atoms with Crippen LogP contribution in [0.4, 0.5) is 0 Å². The number of hydrogen-bond donors (Lipinski definition) is 2. The summed E-state index contributed by atoms with van der Waals surface area (Å²) in [4.78, 5) is 0. The molecule has 1 aromatic rings. The molecule has 20 heavy (non-hydrogen) atoms. The van der Waals surface area contributed by atoms with Crippen molar-refractivity contribution in [1.29, 1.82) is 0 Å². The molecular weight excluding hydrogens is 270 g/mol. The van der Waals surface area contributed by atoms with E-state index in [4.69, 9.17) is 11.6 Å². The minimum atomic E-state index is 0.351. The van der Waals surface area contributed by atoms with Gasteiger partial charge in [-0.05, 0) is 67.6 Å². The van der Waals surface area contributed by atoms with Crippen LogP contribution in [0.2, 0.25) is 5.02 Å². The van der Waals surface area contributed by atoms with Crippen molar-refractivity contribution in [3.8, 4) is 5.75 Å². The summed E-state index contributed by atoms with van der Waals surface area (Å²) in [6.45, 7) is 0.734. The predicted molar refractivity (Wildman–Crippen MR) is 80.8 cm³/mol. The van der Waals surface area contributed by atoms with Gasteiger partial charge in [0.1, 0.15) is 5.75 Å². The monoisotopic (exact) mass is 291 g/mol. The molecule has 2 N–H and O–H groups in total. The third kappa shape index (κ3) is 2.05. The van der Waals surface area contributed by atoms with Crippen molar-refractivity contribution < 1.29 is 5.11 Å². The van der Waals surface area contributed by atoms with Crippen LogP contribution in [0.3, 0.4) is 0 Å². The highest BCUT2D eigenvalue weighted by Gasteiger charge is 2.53. The van der Waals surface area contributed by atoms with Gasteiger partial charge in [0.25, 0.3) is 0 Å². The number of nitrogens with one attached hydrogen (secondary N) is 1. The number of rotatable bonds is 3. The maximum Gasteiger partial charge on any atom is 0.120 e. The molecule has 0 heterocycles. The van der Waals surface area contributed by atoms with Gasteiger partial charge in [-0.2, -0.15) is 0 Å². The van der Waals surface area contributed by atoms with Crippen LogP contribution < -0.4 is 5.32 Å². The zero-order valence-electron chi connectivity index (χ0n) is 11.7. The van der Waals surface area contributed by atoms with Gasteiger partial charge in [-0.15, -0.1) is 0 Å². The van der Waals surface area contributed by atoms with Gasteiger partial charge in [0, 0.05) is 23.2 Å². The first-order valence-corrected chi connectivity index (χ1v) is 8.31. The molecule has 5 unspecified atom stereocenters. The standard InChI is InChI=1S/C17H22ClNO/c18-12-4-5-17(20)11(6-12)9-19-16-8-10-7-15(16)14-3-1-2-13(10)14/h4-6,10,13-16,19-20H,1-3,7-9H2. The highest BCUT2D eigenvalue weighted by Crippen LogP contribution is 2.58. The molecule has 0 aliphatic heterocycles. The van der Waals surface area contributed by atoms with Crippen LogP contribution in [-0.2, 0) is 6.54 Å². The SMILES string of the molecule is Oc1ccc(Cl)cc1CNC1CC2CC1C1CCCC21. The summed E-state index contributed by atoms with van der Waals surface area (Å²) in [5.74, 6) is 4.23. The average Bonchev–Trinajstić information content (AvgIpc) is 3.10. The molecule has 1 aromatic carbocycles. The molecule has 108 valence electrons. The molecule has 0 aromatic heterocycles. The molecule has 3 saturated carbocycles. The molecule has 0 radical (unpaired) electrons. The first-order valence-electron chi connectivity index (χ1n) is 7.93. The van der Waals surface area contributed by atoms with E-state index >= 15 is 0 Å². The van der Waals surface area contributed by atoms with Crippen LogP contribution in [-0.4, -0.2) is 11.1 Å². The van der Waals surface area contributed by atoms with Gasteiger partial charge in [0.2, 0.25) is 0 Å². The Hall–Kier alpha value is -0.730. The zero-order chi connectivity index (χ0) is 13.7. The molecule has 2 nitrogen and oxygen atoms in total. The summed E-state index contributed by atoms with van der Waals surface area (Å²) in [5.41, 5.74) is 0.920. The fraction of sp³-hybridized carbons (Fsp3) is 0.647. The highest BCUT2D eigenvalue weighted by molar-refractivity contribution is 6.30. The van der Waals surface area contributed by atoms with E-state index in [9.17, 15) is 5.11 Å². The van der Waals surface area contributed by atoms with E-state index in [0.717, 1.165) is 35.8 Å². The van der Waals surface area contributed by atoms with Crippen molar-refractivity contribution in [2.24, 2.45) is 23.7 Å². The molecule has 3 aliphatic rings. The number of hydrogen-bond acceptors (Lipinski definition) is 2. The second-order valence-corrected chi connectivity index (χ2v) is 7.35. The maximum atomic E-state index is 9.89. The minimum absolute atomic E-state index is 0.351. The molecule has 5 atom stereocenters. The normalized spacial score (nSPS) is 38.4. The van der Waals surface area contributed by atoms with E-state index in [1.165, 1.54) is 32.1 Å². The molecule has 3 heteroatoms. The molecule has 3 aliphatic carbocycles. The van der Waals surface area contributed by atoms with Crippen LogP contribution in [0.25, 0.3) is 0 Å². The summed E-state index contributed by atoms with van der Waals surface area (Å²) in [6.07, 6.45) is 7.16. The van der Waals surface area contributed by atoms with Crippen LogP contribution in [0.1, 0.15) is 37.7 Å². The summed E-state index contributed by atoms with van der Waals surface area (Å²) in [7, 11) is 0. The topological polar surface area (TPSA) is 32.3 Å². The van der Waals surface area contributed by atoms with Crippen molar-refractivity contribution in [2.75, 3.05) is 0 Å². The van der Waals surface area contributed by atoms with E-state index in [1.54, 1.807) is 12.1 Å². The lowest BCUT2D eigenvalue weighted by molar-refractivity contribution is 0.207. The number of halogens is 1. The smallest absolute Gasteiger partial charge is 0.120 e. The number of phenolic OH excluding ortho intramolecular Hbond substituents is 1. The summed E-state index contributed by atoms with van der Waals surface area (Å²) >= 11 is 6.01. The average molecular weight is 292 g/mol. The molecule has 2 bridgehead atoms. The Bertz CT molecular complexity index is 518. The van der Waals surface area contributed by atoms with Crippen molar-refractivity contribution >= 4 is 11.6 Å². The van der Waals surface area contributed by atoms with Crippen molar-refractivity contribution in [2.45, 2.75) is 44.7 Å². The number of phenols is 1. The van der Waals surface area contributed by atoms with Gasteiger partial charge in [0.05, 0.1) is 0 Å². The highest BCUT2D eigenvalue weighted by atomic mass is 35.5. The van der Waals surface area contributed by atoms with Crippen molar-refractivity contribution in [3.05, 3.63) is 28.8 Å². The van der Waals surface area contributed by atoms with E-state index in [-0.39, 0.29) is 0 Å². The fourth-order valence-electron chi connectivity index (χ4n) is 5.24. The Morgan fingerprint density at radius 3 is 2.90 bits per heavy atom. The largest absolute Gasteiger partial charge is 0.508 e. The van der Waals surface area contributed by atoms with Gasteiger partial charge in [0.15, 0.2) is 0 Å². The second-order valence-electron chi connectivity index (χ2n) is 6.91. The Kier molecular flexibility index (Phi) is 3.19. The van der Waals surface area contributed by atoms with Crippen LogP contribution in [0, 0.1) is 23.7 Å². The Labute approximate surface area is 125 Å². The third-order valence-electron chi connectivity index (χ3n) is 6.02. The fourth-order valence-corrected chi connectivity index (χ4v) is 5.43. The van der Waals surface area contributed by atoms with Crippen LogP contribution >= 0.6 is 11.6 Å². The van der Waals surface area contributed by atoms with Crippen LogP contribution in [0.5, 0.6) is 5.75 Å². The molecule has 0 amide bonds. The second kappa shape index (κ2) is 4.92. The van der Waals surface area contributed by atoms with E-state index in [1.807, 2.05) is 6.07 Å². The number of fused-ring (bicyclic) bond motifs is 5. The zero-order valence-corrected chi connectivity index (χ0v) is 12.4. The minimum Gasteiger partial charge on any atom is -0.508 e. The maximum absolute atomic E-state index is 9.89. The summed E-state index contributed by atoms with van der Waals surface area (Å²) in [6, 6.07) is 5.95. The summed E-state index contributed by atoms with van der Waals surface area (Å²) in [5, 5.41) is 14.3.